The molecule has 0 aliphatic rings. The number of aromatic nitrogens is 2. The molecule has 132 valence electrons. The number of aromatic hydroxyl groups is 1. The largest absolute Gasteiger partial charge is 0.492 e. The minimum absolute atomic E-state index is 0.00385. The van der Waals surface area contributed by atoms with Crippen LogP contribution < -0.4 is 0 Å². The molecule has 26 heavy (non-hydrogen) atoms. The summed E-state index contributed by atoms with van der Waals surface area (Å²) in [7, 11) is 0. The van der Waals surface area contributed by atoms with E-state index in [4.69, 9.17) is 0 Å². The summed E-state index contributed by atoms with van der Waals surface area (Å²) in [6, 6.07) is 14.7. The fourth-order valence-electron chi connectivity index (χ4n) is 2.58. The Balaban J connectivity index is 1.98. The van der Waals surface area contributed by atoms with E-state index in [9.17, 15) is 9.90 Å². The van der Waals surface area contributed by atoms with Gasteiger partial charge in [-0.15, -0.1) is 10.2 Å². The summed E-state index contributed by atoms with van der Waals surface area (Å²) in [6.45, 7) is 5.55. The van der Waals surface area contributed by atoms with Crippen molar-refractivity contribution in [2.24, 2.45) is 10.2 Å². The zero-order valence-corrected chi connectivity index (χ0v) is 15.0. The van der Waals surface area contributed by atoms with Crippen LogP contribution in [0.25, 0.3) is 5.69 Å². The van der Waals surface area contributed by atoms with Crippen molar-refractivity contribution in [2.75, 3.05) is 0 Å². The number of nitrogens with zero attached hydrogens (tertiary/aromatic N) is 4. The minimum atomic E-state index is -0.0885. The van der Waals surface area contributed by atoms with Crippen molar-refractivity contribution in [1.29, 1.82) is 0 Å². The first-order valence-electron chi connectivity index (χ1n) is 8.41. The molecule has 2 aromatic carbocycles. The lowest BCUT2D eigenvalue weighted by atomic mass is 10.1. The SMILES string of the molecule is CCC(=O)c1ccccc1/N=N/c1c(C)nn(-c2ccc(C)cc2)c1O. The van der Waals surface area contributed by atoms with E-state index in [1.165, 1.54) is 4.68 Å². The molecule has 0 amide bonds. The third-order valence-corrected chi connectivity index (χ3v) is 4.07. The highest BCUT2D eigenvalue weighted by Gasteiger charge is 2.16. The Kier molecular flexibility index (Phi) is 4.93. The summed E-state index contributed by atoms with van der Waals surface area (Å²) in [5.41, 5.74) is 3.67. The molecule has 3 aromatic rings. The van der Waals surface area contributed by atoms with Gasteiger partial charge in [0.15, 0.2) is 11.5 Å². The Morgan fingerprint density at radius 1 is 1.08 bits per heavy atom. The summed E-state index contributed by atoms with van der Waals surface area (Å²) in [4.78, 5) is 12.0. The van der Waals surface area contributed by atoms with Gasteiger partial charge in [0.25, 0.3) is 0 Å². The maximum absolute atomic E-state index is 12.0. The number of hydrogen-bond donors (Lipinski definition) is 1. The first-order valence-corrected chi connectivity index (χ1v) is 8.41. The van der Waals surface area contributed by atoms with E-state index in [1.807, 2.05) is 31.2 Å². The lowest BCUT2D eigenvalue weighted by Gasteiger charge is -2.03. The van der Waals surface area contributed by atoms with Gasteiger partial charge in [-0.1, -0.05) is 36.8 Å². The Hall–Kier alpha value is -3.28. The molecule has 0 aliphatic carbocycles. The van der Waals surface area contributed by atoms with Crippen molar-refractivity contribution in [3.05, 3.63) is 65.4 Å². The first kappa shape index (κ1) is 17.5. The molecule has 0 aliphatic heterocycles. The summed E-state index contributed by atoms with van der Waals surface area (Å²) in [5.74, 6) is -0.0924. The first-order chi connectivity index (χ1) is 12.5. The minimum Gasteiger partial charge on any atom is -0.492 e. The second kappa shape index (κ2) is 7.31. The van der Waals surface area contributed by atoms with Gasteiger partial charge in [-0.3, -0.25) is 4.79 Å². The molecule has 0 spiro atoms. The number of benzene rings is 2. The number of aryl methyl sites for hydroxylation is 2. The smallest absolute Gasteiger partial charge is 0.243 e. The highest BCUT2D eigenvalue weighted by Crippen LogP contribution is 2.34. The fraction of sp³-hybridized carbons (Fsp3) is 0.200. The van der Waals surface area contributed by atoms with Crippen LogP contribution in [0.5, 0.6) is 5.88 Å². The number of rotatable bonds is 5. The van der Waals surface area contributed by atoms with Crippen LogP contribution >= 0.6 is 0 Å². The Morgan fingerprint density at radius 2 is 1.77 bits per heavy atom. The predicted octanol–water partition coefficient (Wildman–Crippen LogP) is 5.20. The normalized spacial score (nSPS) is 11.2. The van der Waals surface area contributed by atoms with Gasteiger partial charge in [-0.2, -0.15) is 9.78 Å². The summed E-state index contributed by atoms with van der Waals surface area (Å²) < 4.78 is 1.42. The number of Topliss-reactive ketones (excluding diaryl/α,β-unsaturated/α-hetero) is 1. The quantitative estimate of drug-likeness (QED) is 0.508. The van der Waals surface area contributed by atoms with Crippen molar-refractivity contribution in [3.63, 3.8) is 0 Å². The van der Waals surface area contributed by atoms with E-state index in [-0.39, 0.29) is 17.4 Å². The molecular weight excluding hydrogens is 328 g/mol. The van der Waals surface area contributed by atoms with E-state index < -0.39 is 0 Å². The maximum atomic E-state index is 12.0. The number of hydrogen-bond acceptors (Lipinski definition) is 5. The van der Waals surface area contributed by atoms with E-state index in [2.05, 4.69) is 15.3 Å². The van der Waals surface area contributed by atoms with Crippen LogP contribution in [0.2, 0.25) is 0 Å². The zero-order chi connectivity index (χ0) is 18.7. The average Bonchev–Trinajstić information content (AvgIpc) is 2.94. The van der Waals surface area contributed by atoms with Gasteiger partial charge in [-0.05, 0) is 38.1 Å². The highest BCUT2D eigenvalue weighted by molar-refractivity contribution is 6.00. The summed E-state index contributed by atoms with van der Waals surface area (Å²) in [6.07, 6.45) is 0.391. The van der Waals surface area contributed by atoms with Crippen molar-refractivity contribution in [1.82, 2.24) is 9.78 Å². The molecule has 0 atom stereocenters. The molecule has 0 radical (unpaired) electrons. The highest BCUT2D eigenvalue weighted by atomic mass is 16.3. The fourth-order valence-corrected chi connectivity index (χ4v) is 2.58. The average molecular weight is 348 g/mol. The summed E-state index contributed by atoms with van der Waals surface area (Å²) >= 11 is 0. The molecule has 1 N–H and O–H groups in total. The monoisotopic (exact) mass is 348 g/mol. The topological polar surface area (TPSA) is 79.8 Å². The molecule has 0 fully saturated rings. The Bertz CT molecular complexity index is 972. The van der Waals surface area contributed by atoms with Crippen LogP contribution in [0.15, 0.2) is 58.8 Å². The maximum Gasteiger partial charge on any atom is 0.243 e. The van der Waals surface area contributed by atoms with Crippen molar-refractivity contribution < 1.29 is 9.90 Å². The molecular formula is C20H20N4O2. The van der Waals surface area contributed by atoms with Gasteiger partial charge < -0.3 is 5.11 Å². The van der Waals surface area contributed by atoms with Crippen molar-refractivity contribution in [3.8, 4) is 11.6 Å². The van der Waals surface area contributed by atoms with E-state index in [0.29, 0.717) is 23.4 Å². The van der Waals surface area contributed by atoms with Crippen LogP contribution in [0.3, 0.4) is 0 Å². The molecule has 1 heterocycles. The van der Waals surface area contributed by atoms with Gasteiger partial charge in [0.1, 0.15) is 0 Å². The van der Waals surface area contributed by atoms with Gasteiger partial charge in [0.2, 0.25) is 5.88 Å². The lowest BCUT2D eigenvalue weighted by Crippen LogP contribution is -1.96. The van der Waals surface area contributed by atoms with Crippen molar-refractivity contribution in [2.45, 2.75) is 27.2 Å². The van der Waals surface area contributed by atoms with Crippen LogP contribution in [-0.4, -0.2) is 20.7 Å². The standard InChI is InChI=1S/C20H20N4O2/c1-4-18(25)16-7-5-6-8-17(16)21-22-19-14(3)23-24(20(19)26)15-11-9-13(2)10-12-15/h5-12,26H,4H2,1-3H3/b22-21+. The number of ketones is 1. The number of azo groups is 1. The number of carbonyl (C=O) groups is 1. The second-order valence-electron chi connectivity index (χ2n) is 6.00. The van der Waals surface area contributed by atoms with Crippen LogP contribution in [0, 0.1) is 13.8 Å². The van der Waals surface area contributed by atoms with Crippen LogP contribution in [-0.2, 0) is 0 Å². The number of carbonyl (C=O) groups excluding carboxylic acids is 1. The molecule has 0 unspecified atom stereocenters. The Morgan fingerprint density at radius 3 is 2.46 bits per heavy atom. The molecule has 3 rings (SSSR count). The molecule has 6 nitrogen and oxygen atoms in total. The molecule has 0 bridgehead atoms. The van der Waals surface area contributed by atoms with Gasteiger partial charge in [0, 0.05) is 12.0 Å². The molecule has 0 saturated carbocycles. The summed E-state index contributed by atoms with van der Waals surface area (Å²) in [5, 5.41) is 23.2. The van der Waals surface area contributed by atoms with Gasteiger partial charge >= 0.3 is 0 Å². The van der Waals surface area contributed by atoms with Crippen LogP contribution in [0.4, 0.5) is 11.4 Å². The van der Waals surface area contributed by atoms with E-state index in [0.717, 1.165) is 11.3 Å². The van der Waals surface area contributed by atoms with Gasteiger partial charge in [0.05, 0.1) is 17.1 Å². The molecule has 0 saturated heterocycles. The molecule has 6 heteroatoms. The van der Waals surface area contributed by atoms with Gasteiger partial charge in [-0.25, -0.2) is 0 Å². The van der Waals surface area contributed by atoms with Crippen LogP contribution in [0.1, 0.15) is 35.0 Å². The molecule has 1 aromatic heterocycles. The van der Waals surface area contributed by atoms with E-state index in [1.54, 1.807) is 38.1 Å². The lowest BCUT2D eigenvalue weighted by molar-refractivity contribution is 0.0989. The second-order valence-corrected chi connectivity index (χ2v) is 6.00. The van der Waals surface area contributed by atoms with E-state index >= 15 is 0 Å². The zero-order valence-electron chi connectivity index (χ0n) is 15.0. The Labute approximate surface area is 151 Å². The third-order valence-electron chi connectivity index (χ3n) is 4.07. The third kappa shape index (κ3) is 3.39. The van der Waals surface area contributed by atoms with Crippen molar-refractivity contribution >= 4 is 17.2 Å². The predicted molar refractivity (Wildman–Crippen MR) is 99.9 cm³/mol.